The van der Waals surface area contributed by atoms with Crippen molar-refractivity contribution in [3.8, 4) is 0 Å². The molecule has 1 aromatic rings. The molecule has 1 fully saturated rings. The third kappa shape index (κ3) is 6.46. The van der Waals surface area contributed by atoms with Crippen LogP contribution >= 0.6 is 11.3 Å². The Morgan fingerprint density at radius 1 is 1.44 bits per heavy atom. The summed E-state index contributed by atoms with van der Waals surface area (Å²) in [7, 11) is 3.96. The first kappa shape index (κ1) is 21.6. The fourth-order valence-corrected chi connectivity index (χ4v) is 4.16. The van der Waals surface area contributed by atoms with E-state index in [9.17, 15) is 4.79 Å². The van der Waals surface area contributed by atoms with Gasteiger partial charge in [0.2, 0.25) is 0 Å². The number of aromatic nitrogens is 1. The summed E-state index contributed by atoms with van der Waals surface area (Å²) in [5.41, 5.74) is 0.715. The van der Waals surface area contributed by atoms with Crippen LogP contribution in [0.1, 0.15) is 59.5 Å². The zero-order chi connectivity index (χ0) is 19.8. The van der Waals surface area contributed by atoms with Crippen molar-refractivity contribution in [2.75, 3.05) is 40.3 Å². The van der Waals surface area contributed by atoms with Crippen molar-refractivity contribution in [1.82, 2.24) is 20.5 Å². The van der Waals surface area contributed by atoms with Gasteiger partial charge in [-0.3, -0.25) is 4.99 Å². The largest absolute Gasteiger partial charge is 0.462 e. The van der Waals surface area contributed by atoms with Crippen LogP contribution in [0.25, 0.3) is 0 Å². The predicted molar refractivity (Wildman–Crippen MR) is 111 cm³/mol. The Hall–Kier alpha value is -1.67. The second-order valence-corrected chi connectivity index (χ2v) is 8.12. The quantitative estimate of drug-likeness (QED) is 0.420. The molecule has 8 heteroatoms. The molecule has 1 aromatic heterocycles. The van der Waals surface area contributed by atoms with Gasteiger partial charge in [-0.2, -0.15) is 0 Å². The first-order chi connectivity index (χ1) is 12.9. The van der Waals surface area contributed by atoms with Gasteiger partial charge in [0.1, 0.15) is 9.88 Å². The summed E-state index contributed by atoms with van der Waals surface area (Å²) in [6, 6.07) is -0.0357. The molecule has 152 valence electrons. The summed E-state index contributed by atoms with van der Waals surface area (Å²) in [6.45, 7) is 9.34. The number of aliphatic imine (C=N–C) groups is 1. The molecule has 0 radical (unpaired) electrons. The highest BCUT2D eigenvalue weighted by molar-refractivity contribution is 7.13. The number of aryl methyl sites for hydroxylation is 1. The van der Waals surface area contributed by atoms with Crippen LogP contribution in [0.15, 0.2) is 4.99 Å². The first-order valence-electron chi connectivity index (χ1n) is 9.74. The molecule has 1 atom stereocenters. The van der Waals surface area contributed by atoms with E-state index in [1.807, 2.05) is 13.8 Å². The molecule has 2 rings (SSSR count). The van der Waals surface area contributed by atoms with E-state index >= 15 is 0 Å². The average Bonchev–Trinajstić information content (AvgIpc) is 3.04. The highest BCUT2D eigenvalue weighted by Crippen LogP contribution is 2.24. The summed E-state index contributed by atoms with van der Waals surface area (Å²) in [5.74, 6) is 1.26. The lowest BCUT2D eigenvalue weighted by Gasteiger charge is -2.29. The predicted octanol–water partition coefficient (Wildman–Crippen LogP) is 2.59. The average molecular weight is 396 g/mol. The number of likely N-dealkylation sites (tertiary alicyclic amines) is 1. The number of carbonyl (C=O) groups is 1. The van der Waals surface area contributed by atoms with Gasteiger partial charge < -0.3 is 20.3 Å². The molecule has 1 saturated heterocycles. The topological polar surface area (TPSA) is 78.8 Å². The van der Waals surface area contributed by atoms with Crippen LogP contribution in [0.4, 0.5) is 0 Å². The van der Waals surface area contributed by atoms with Crippen LogP contribution in [-0.2, 0) is 4.74 Å². The molecule has 0 aromatic carbocycles. The van der Waals surface area contributed by atoms with Crippen molar-refractivity contribution < 1.29 is 9.53 Å². The minimum Gasteiger partial charge on any atom is -0.462 e. The van der Waals surface area contributed by atoms with Crippen molar-refractivity contribution in [2.45, 2.75) is 46.1 Å². The van der Waals surface area contributed by atoms with E-state index in [4.69, 9.17) is 4.74 Å². The van der Waals surface area contributed by atoms with Crippen LogP contribution in [0.5, 0.6) is 0 Å². The molecule has 7 nitrogen and oxygen atoms in total. The van der Waals surface area contributed by atoms with Crippen LogP contribution in [0, 0.1) is 12.8 Å². The molecule has 1 aliphatic heterocycles. The number of piperidine rings is 1. The van der Waals surface area contributed by atoms with Crippen molar-refractivity contribution >= 4 is 23.3 Å². The van der Waals surface area contributed by atoms with E-state index in [1.165, 1.54) is 37.3 Å². The fourth-order valence-electron chi connectivity index (χ4n) is 3.20. The number of hydrogen-bond acceptors (Lipinski definition) is 6. The normalized spacial score (nSPS) is 17.6. The monoisotopic (exact) mass is 395 g/mol. The maximum Gasteiger partial charge on any atom is 0.350 e. The van der Waals surface area contributed by atoms with E-state index in [2.05, 4.69) is 32.6 Å². The van der Waals surface area contributed by atoms with Gasteiger partial charge in [-0.1, -0.05) is 0 Å². The van der Waals surface area contributed by atoms with Gasteiger partial charge >= 0.3 is 5.97 Å². The molecule has 1 unspecified atom stereocenters. The lowest BCUT2D eigenvalue weighted by atomic mass is 9.94. The number of nitrogens with one attached hydrogen (secondary N) is 2. The van der Waals surface area contributed by atoms with Crippen molar-refractivity contribution in [3.05, 3.63) is 15.6 Å². The Labute approximate surface area is 166 Å². The SMILES string of the molecule is CCOC(=O)c1sc(C(C)NC(=NC)NCCC2CCN(C)CC2)nc1C. The molecule has 1 aliphatic rings. The lowest BCUT2D eigenvalue weighted by molar-refractivity contribution is 0.0531. The summed E-state index contributed by atoms with van der Waals surface area (Å²) in [6.07, 6.45) is 3.71. The number of esters is 1. The Morgan fingerprint density at radius 2 is 2.15 bits per heavy atom. The third-order valence-corrected chi connectivity index (χ3v) is 6.22. The van der Waals surface area contributed by atoms with Crippen molar-refractivity contribution in [2.24, 2.45) is 10.9 Å². The minimum atomic E-state index is -0.299. The number of rotatable bonds is 7. The van der Waals surface area contributed by atoms with Gasteiger partial charge in [0, 0.05) is 13.6 Å². The molecular formula is C19H33N5O2S. The van der Waals surface area contributed by atoms with Gasteiger partial charge in [0.15, 0.2) is 5.96 Å². The maximum atomic E-state index is 12.0. The number of thiazole rings is 1. The van der Waals surface area contributed by atoms with Gasteiger partial charge in [-0.05, 0) is 66.1 Å². The van der Waals surface area contributed by atoms with Crippen LogP contribution in [0.3, 0.4) is 0 Å². The number of carbonyl (C=O) groups excluding carboxylic acids is 1. The Morgan fingerprint density at radius 3 is 2.78 bits per heavy atom. The van der Waals surface area contributed by atoms with Crippen LogP contribution in [0.2, 0.25) is 0 Å². The van der Waals surface area contributed by atoms with Crippen LogP contribution < -0.4 is 10.6 Å². The Bertz CT molecular complexity index is 638. The fraction of sp³-hybridized carbons (Fsp3) is 0.737. The summed E-state index contributed by atoms with van der Waals surface area (Å²) in [5, 5.41) is 7.62. The van der Waals surface area contributed by atoms with E-state index < -0.39 is 0 Å². The molecule has 0 bridgehead atoms. The Balaban J connectivity index is 1.83. The molecule has 0 spiro atoms. The lowest BCUT2D eigenvalue weighted by Crippen LogP contribution is -2.40. The molecule has 2 heterocycles. The van der Waals surface area contributed by atoms with Crippen molar-refractivity contribution in [3.63, 3.8) is 0 Å². The zero-order valence-corrected chi connectivity index (χ0v) is 18.0. The number of nitrogens with zero attached hydrogens (tertiary/aromatic N) is 3. The molecule has 2 N–H and O–H groups in total. The van der Waals surface area contributed by atoms with E-state index in [1.54, 1.807) is 14.0 Å². The highest BCUT2D eigenvalue weighted by atomic mass is 32.1. The molecule has 0 aliphatic carbocycles. The minimum absolute atomic E-state index is 0.0357. The smallest absolute Gasteiger partial charge is 0.350 e. The van der Waals surface area contributed by atoms with Crippen molar-refractivity contribution in [1.29, 1.82) is 0 Å². The summed E-state index contributed by atoms with van der Waals surface area (Å²) in [4.78, 5) is 23.8. The molecule has 27 heavy (non-hydrogen) atoms. The van der Waals surface area contributed by atoms with E-state index in [0.29, 0.717) is 17.2 Å². The molecule has 0 saturated carbocycles. The number of ether oxygens (including phenoxy) is 1. The van der Waals surface area contributed by atoms with E-state index in [0.717, 1.165) is 29.9 Å². The standard InChI is InChI=1S/C19H33N5O2S/c1-6-26-18(25)16-13(2)22-17(27-16)14(3)23-19(20-4)21-10-7-15-8-11-24(5)12-9-15/h14-15H,6-12H2,1-5H3,(H2,20,21,23). The van der Waals surface area contributed by atoms with Gasteiger partial charge in [0.25, 0.3) is 0 Å². The Kier molecular flexibility index (Phi) is 8.50. The van der Waals surface area contributed by atoms with Gasteiger partial charge in [0.05, 0.1) is 18.3 Å². The maximum absolute atomic E-state index is 12.0. The van der Waals surface area contributed by atoms with Crippen LogP contribution in [-0.4, -0.2) is 62.1 Å². The highest BCUT2D eigenvalue weighted by Gasteiger charge is 2.20. The second-order valence-electron chi connectivity index (χ2n) is 7.09. The zero-order valence-electron chi connectivity index (χ0n) is 17.2. The van der Waals surface area contributed by atoms with Gasteiger partial charge in [-0.25, -0.2) is 9.78 Å². The first-order valence-corrected chi connectivity index (χ1v) is 10.6. The molecular weight excluding hydrogens is 362 g/mol. The number of guanidine groups is 1. The second kappa shape index (κ2) is 10.6. The third-order valence-electron chi connectivity index (χ3n) is 4.90. The molecule has 0 amide bonds. The summed E-state index contributed by atoms with van der Waals surface area (Å²) >= 11 is 1.38. The number of hydrogen-bond donors (Lipinski definition) is 2. The van der Waals surface area contributed by atoms with Gasteiger partial charge in [-0.15, -0.1) is 11.3 Å². The summed E-state index contributed by atoms with van der Waals surface area (Å²) < 4.78 is 5.09. The van der Waals surface area contributed by atoms with E-state index in [-0.39, 0.29) is 12.0 Å².